The number of hydrogen-bond donors (Lipinski definition) is 2. The number of amides is 1. The minimum absolute atomic E-state index is 0.0188. The second-order valence-electron chi connectivity index (χ2n) is 6.51. The number of rotatable bonds is 3. The van der Waals surface area contributed by atoms with Crippen LogP contribution < -0.4 is 11.1 Å². The maximum atomic E-state index is 12.4. The zero-order chi connectivity index (χ0) is 13.5. The van der Waals surface area contributed by atoms with E-state index in [9.17, 15) is 4.79 Å². The maximum Gasteiger partial charge on any atom is 0.240 e. The highest BCUT2D eigenvalue weighted by Gasteiger charge is 2.42. The Morgan fingerprint density at radius 2 is 2.00 bits per heavy atom. The average Bonchev–Trinajstić information content (AvgIpc) is 3.17. The zero-order valence-electron chi connectivity index (χ0n) is 11.7. The Morgan fingerprint density at radius 1 is 1.32 bits per heavy atom. The molecule has 5 heteroatoms. The first kappa shape index (κ1) is 13.3. The third-order valence-electron chi connectivity index (χ3n) is 4.86. The number of carbonyl (C=O) groups excluding carboxylic acids is 1. The van der Waals surface area contributed by atoms with Crippen molar-refractivity contribution in [3.63, 3.8) is 0 Å². The highest BCUT2D eigenvalue weighted by Crippen LogP contribution is 2.32. The largest absolute Gasteiger partial charge is 0.381 e. The molecule has 108 valence electrons. The average molecular weight is 267 g/mol. The van der Waals surface area contributed by atoms with Crippen LogP contribution in [-0.2, 0) is 9.53 Å². The van der Waals surface area contributed by atoms with E-state index in [1.54, 1.807) is 0 Å². The Balaban J connectivity index is 1.56. The molecular weight excluding hydrogens is 242 g/mol. The van der Waals surface area contributed by atoms with Gasteiger partial charge in [0, 0.05) is 38.4 Å². The van der Waals surface area contributed by atoms with Gasteiger partial charge in [0.25, 0.3) is 0 Å². The molecule has 2 saturated heterocycles. The van der Waals surface area contributed by atoms with Gasteiger partial charge in [-0.05, 0) is 31.6 Å². The molecule has 3 fully saturated rings. The van der Waals surface area contributed by atoms with Gasteiger partial charge in [-0.25, -0.2) is 0 Å². The van der Waals surface area contributed by atoms with Crippen LogP contribution in [0.15, 0.2) is 0 Å². The monoisotopic (exact) mass is 267 g/mol. The summed E-state index contributed by atoms with van der Waals surface area (Å²) in [4.78, 5) is 14.9. The third-order valence-corrected chi connectivity index (χ3v) is 4.86. The molecule has 3 rings (SSSR count). The fourth-order valence-electron chi connectivity index (χ4n) is 3.20. The Kier molecular flexibility index (Phi) is 3.53. The molecule has 2 aliphatic heterocycles. The van der Waals surface area contributed by atoms with Gasteiger partial charge in [0.2, 0.25) is 5.91 Å². The van der Waals surface area contributed by atoms with E-state index in [1.165, 1.54) is 12.8 Å². The summed E-state index contributed by atoms with van der Waals surface area (Å²) in [6.07, 6.45) is 3.91. The predicted octanol–water partition coefficient (Wildman–Crippen LogP) is 0.0932. The van der Waals surface area contributed by atoms with Gasteiger partial charge >= 0.3 is 0 Å². The second kappa shape index (κ2) is 5.04. The van der Waals surface area contributed by atoms with E-state index in [2.05, 4.69) is 17.1 Å². The van der Waals surface area contributed by atoms with Crippen molar-refractivity contribution in [2.45, 2.75) is 50.2 Å². The van der Waals surface area contributed by atoms with E-state index in [-0.39, 0.29) is 11.9 Å². The summed E-state index contributed by atoms with van der Waals surface area (Å²) in [5.41, 5.74) is 5.51. The Hall–Kier alpha value is -0.650. The van der Waals surface area contributed by atoms with E-state index >= 15 is 0 Å². The smallest absolute Gasteiger partial charge is 0.240 e. The molecule has 5 nitrogen and oxygen atoms in total. The summed E-state index contributed by atoms with van der Waals surface area (Å²) >= 11 is 0. The number of hydrogen-bond acceptors (Lipinski definition) is 4. The molecule has 3 aliphatic rings. The molecule has 2 atom stereocenters. The third kappa shape index (κ3) is 2.78. The first-order valence-electron chi connectivity index (χ1n) is 7.50. The molecule has 1 saturated carbocycles. The fourth-order valence-corrected chi connectivity index (χ4v) is 3.20. The van der Waals surface area contributed by atoms with Crippen molar-refractivity contribution in [3.05, 3.63) is 0 Å². The van der Waals surface area contributed by atoms with Crippen LogP contribution in [-0.4, -0.2) is 54.7 Å². The van der Waals surface area contributed by atoms with Crippen molar-refractivity contribution in [3.8, 4) is 0 Å². The number of nitrogens with zero attached hydrogens (tertiary/aromatic N) is 1. The Bertz CT molecular complexity index is 351. The van der Waals surface area contributed by atoms with E-state index in [4.69, 9.17) is 10.5 Å². The predicted molar refractivity (Wildman–Crippen MR) is 72.7 cm³/mol. The molecule has 2 unspecified atom stereocenters. The summed E-state index contributed by atoms with van der Waals surface area (Å²) in [6.45, 7) is 5.51. The fraction of sp³-hybridized carbons (Fsp3) is 0.929. The molecule has 1 amide bonds. The highest BCUT2D eigenvalue weighted by molar-refractivity contribution is 5.86. The lowest BCUT2D eigenvalue weighted by atomic mass is 9.89. The van der Waals surface area contributed by atoms with Crippen molar-refractivity contribution in [1.82, 2.24) is 10.2 Å². The quantitative estimate of drug-likeness (QED) is 0.761. The second-order valence-corrected chi connectivity index (χ2v) is 6.51. The summed E-state index contributed by atoms with van der Waals surface area (Å²) < 4.78 is 5.29. The van der Waals surface area contributed by atoms with Gasteiger partial charge < -0.3 is 15.8 Å². The molecule has 0 aromatic heterocycles. The van der Waals surface area contributed by atoms with E-state index in [0.29, 0.717) is 32.0 Å². The first-order chi connectivity index (χ1) is 9.08. The van der Waals surface area contributed by atoms with Gasteiger partial charge in [-0.15, -0.1) is 0 Å². The SMILES string of the molecule is CC1CN(C2CC2)CC1NC(=O)C1(N)CCOCC1. The van der Waals surface area contributed by atoms with Crippen LogP contribution in [0.3, 0.4) is 0 Å². The lowest BCUT2D eigenvalue weighted by molar-refractivity contribution is -0.130. The van der Waals surface area contributed by atoms with Gasteiger partial charge in [-0.1, -0.05) is 6.92 Å². The molecule has 19 heavy (non-hydrogen) atoms. The van der Waals surface area contributed by atoms with Gasteiger partial charge in [0.15, 0.2) is 0 Å². The van der Waals surface area contributed by atoms with Crippen molar-refractivity contribution in [1.29, 1.82) is 0 Å². The van der Waals surface area contributed by atoms with Gasteiger partial charge in [0.05, 0.1) is 5.54 Å². The summed E-state index contributed by atoms with van der Waals surface area (Å²) in [5.74, 6) is 0.540. The number of ether oxygens (including phenoxy) is 1. The molecule has 2 heterocycles. The highest BCUT2D eigenvalue weighted by atomic mass is 16.5. The molecule has 0 bridgehead atoms. The molecular formula is C14H25N3O2. The number of likely N-dealkylation sites (tertiary alicyclic amines) is 1. The summed E-state index contributed by atoms with van der Waals surface area (Å²) in [7, 11) is 0. The van der Waals surface area contributed by atoms with Gasteiger partial charge in [-0.2, -0.15) is 0 Å². The van der Waals surface area contributed by atoms with Crippen molar-refractivity contribution in [2.75, 3.05) is 26.3 Å². The maximum absolute atomic E-state index is 12.4. The minimum atomic E-state index is -0.717. The van der Waals surface area contributed by atoms with Crippen LogP contribution in [0.4, 0.5) is 0 Å². The first-order valence-corrected chi connectivity index (χ1v) is 7.50. The number of carbonyl (C=O) groups is 1. The molecule has 3 N–H and O–H groups in total. The Morgan fingerprint density at radius 3 is 2.63 bits per heavy atom. The van der Waals surface area contributed by atoms with Crippen LogP contribution in [0.1, 0.15) is 32.6 Å². The van der Waals surface area contributed by atoms with Gasteiger partial charge in [-0.3, -0.25) is 9.69 Å². The van der Waals surface area contributed by atoms with Crippen LogP contribution in [0.2, 0.25) is 0 Å². The normalized spacial score (nSPS) is 35.3. The van der Waals surface area contributed by atoms with Crippen LogP contribution in [0, 0.1) is 5.92 Å². The van der Waals surface area contributed by atoms with E-state index < -0.39 is 5.54 Å². The van der Waals surface area contributed by atoms with Crippen molar-refractivity contribution in [2.24, 2.45) is 11.7 Å². The summed E-state index contributed by atoms with van der Waals surface area (Å²) in [5, 5.41) is 3.19. The number of nitrogens with one attached hydrogen (secondary N) is 1. The standard InChI is InChI=1S/C14H25N3O2/c1-10-8-17(11-2-3-11)9-12(10)16-13(18)14(15)4-6-19-7-5-14/h10-12H,2-9,15H2,1H3,(H,16,18). The molecule has 0 spiro atoms. The minimum Gasteiger partial charge on any atom is -0.381 e. The lowest BCUT2D eigenvalue weighted by Gasteiger charge is -2.33. The Labute approximate surface area is 114 Å². The van der Waals surface area contributed by atoms with Crippen molar-refractivity contribution < 1.29 is 9.53 Å². The zero-order valence-corrected chi connectivity index (χ0v) is 11.7. The van der Waals surface area contributed by atoms with Crippen LogP contribution >= 0.6 is 0 Å². The number of nitrogens with two attached hydrogens (primary N) is 1. The van der Waals surface area contributed by atoms with Crippen LogP contribution in [0.5, 0.6) is 0 Å². The summed E-state index contributed by atoms with van der Waals surface area (Å²) in [6, 6.07) is 1.04. The topological polar surface area (TPSA) is 67.6 Å². The van der Waals surface area contributed by atoms with Crippen molar-refractivity contribution >= 4 is 5.91 Å². The molecule has 0 aromatic carbocycles. The molecule has 0 aromatic rings. The van der Waals surface area contributed by atoms with Gasteiger partial charge in [0.1, 0.15) is 0 Å². The van der Waals surface area contributed by atoms with E-state index in [0.717, 1.165) is 19.1 Å². The van der Waals surface area contributed by atoms with Crippen LogP contribution in [0.25, 0.3) is 0 Å². The lowest BCUT2D eigenvalue weighted by Crippen LogP contribution is -2.59. The molecule has 1 aliphatic carbocycles. The van der Waals surface area contributed by atoms with E-state index in [1.807, 2.05) is 0 Å². The molecule has 0 radical (unpaired) electrons.